The highest BCUT2D eigenvalue weighted by Crippen LogP contribution is 2.38. The molecule has 104 valence electrons. The topological polar surface area (TPSA) is 47.6 Å². The lowest BCUT2D eigenvalue weighted by molar-refractivity contribution is -0.155. The second kappa shape index (κ2) is 5.57. The molecule has 0 aliphatic heterocycles. The number of carbonyl (C=O) groups excluding carboxylic acids is 1. The van der Waals surface area contributed by atoms with Crippen LogP contribution in [-0.4, -0.2) is 31.3 Å². The Labute approximate surface area is 111 Å². The molecule has 0 atom stereocenters. The van der Waals surface area contributed by atoms with Crippen LogP contribution < -0.4 is 5.32 Å². The summed E-state index contributed by atoms with van der Waals surface area (Å²) in [4.78, 5) is 11.9. The Hall–Kier alpha value is -1.62. The first-order valence-corrected chi connectivity index (χ1v) is 6.33. The maximum Gasteiger partial charge on any atom is 0.331 e. The molecule has 1 aromatic rings. The fraction of sp³-hybridized carbons (Fsp3) is 0.500. The molecule has 5 heteroatoms. The van der Waals surface area contributed by atoms with Gasteiger partial charge in [-0.05, 0) is 31.2 Å². The molecule has 1 saturated carbocycles. The predicted octanol–water partition coefficient (Wildman–Crippen LogP) is 2.35. The molecule has 1 aromatic carbocycles. The van der Waals surface area contributed by atoms with E-state index in [1.807, 2.05) is 6.92 Å². The van der Waals surface area contributed by atoms with Crippen molar-refractivity contribution in [3.05, 3.63) is 30.1 Å². The number of methoxy groups -OCH3 is 1. The number of nitrogens with one attached hydrogen (secondary N) is 1. The summed E-state index contributed by atoms with van der Waals surface area (Å²) >= 11 is 0. The van der Waals surface area contributed by atoms with Crippen molar-refractivity contribution >= 4 is 11.7 Å². The minimum absolute atomic E-state index is 0.0667. The van der Waals surface area contributed by atoms with E-state index >= 15 is 0 Å². The number of rotatable bonds is 5. The smallest absolute Gasteiger partial charge is 0.331 e. The van der Waals surface area contributed by atoms with Gasteiger partial charge in [0.1, 0.15) is 11.4 Å². The Morgan fingerprint density at radius 3 is 2.58 bits per heavy atom. The summed E-state index contributed by atoms with van der Waals surface area (Å²) < 4.78 is 23.2. The molecule has 4 nitrogen and oxygen atoms in total. The van der Waals surface area contributed by atoms with Crippen LogP contribution in [0.3, 0.4) is 0 Å². The minimum Gasteiger partial charge on any atom is -0.467 e. The molecule has 0 aromatic heterocycles. The lowest BCUT2D eigenvalue weighted by Crippen LogP contribution is -2.59. The molecule has 0 saturated heterocycles. The van der Waals surface area contributed by atoms with Crippen molar-refractivity contribution < 1.29 is 18.7 Å². The molecular weight excluding hydrogens is 249 g/mol. The summed E-state index contributed by atoms with van der Waals surface area (Å²) in [5, 5.41) is 3.14. The van der Waals surface area contributed by atoms with Gasteiger partial charge in [-0.15, -0.1) is 0 Å². The molecular formula is C14H18FNO3. The number of hydrogen-bond donors (Lipinski definition) is 1. The molecule has 0 unspecified atom stereocenters. The molecule has 0 heterocycles. The van der Waals surface area contributed by atoms with Gasteiger partial charge < -0.3 is 14.8 Å². The summed E-state index contributed by atoms with van der Waals surface area (Å²) in [5.74, 6) is -0.619. The number of carbonyl (C=O) groups is 1. The zero-order valence-electron chi connectivity index (χ0n) is 11.1. The van der Waals surface area contributed by atoms with Gasteiger partial charge in [-0.1, -0.05) is 0 Å². The van der Waals surface area contributed by atoms with E-state index in [0.29, 0.717) is 25.1 Å². The fourth-order valence-corrected chi connectivity index (χ4v) is 2.40. The summed E-state index contributed by atoms with van der Waals surface area (Å²) in [6, 6.07) is 5.92. The number of anilines is 1. The van der Waals surface area contributed by atoms with Crippen LogP contribution in [0.25, 0.3) is 0 Å². The van der Waals surface area contributed by atoms with Crippen LogP contribution in [-0.2, 0) is 14.3 Å². The summed E-state index contributed by atoms with van der Waals surface area (Å²) in [6.07, 6.45) is 1.19. The van der Waals surface area contributed by atoms with Gasteiger partial charge in [-0.3, -0.25) is 0 Å². The quantitative estimate of drug-likeness (QED) is 0.832. The number of ether oxygens (including phenoxy) is 2. The standard InChI is InChI=1S/C14H18FNO3/c1-3-19-12-8-14(9-12,13(17)18-2)16-11-6-4-10(15)5-7-11/h4-7,12,16H,3,8-9H2,1-2H3. The second-order valence-electron chi connectivity index (χ2n) is 4.69. The van der Waals surface area contributed by atoms with Crippen molar-refractivity contribution in [2.45, 2.75) is 31.4 Å². The Morgan fingerprint density at radius 1 is 1.42 bits per heavy atom. The van der Waals surface area contributed by atoms with Crippen LogP contribution >= 0.6 is 0 Å². The molecule has 0 spiro atoms. The monoisotopic (exact) mass is 267 g/mol. The van der Waals surface area contributed by atoms with E-state index < -0.39 is 5.54 Å². The molecule has 1 fully saturated rings. The Bertz CT molecular complexity index is 441. The van der Waals surface area contributed by atoms with E-state index in [2.05, 4.69) is 5.32 Å². The van der Waals surface area contributed by atoms with Crippen LogP contribution in [0.15, 0.2) is 24.3 Å². The summed E-state index contributed by atoms with van der Waals surface area (Å²) in [7, 11) is 1.37. The third-order valence-corrected chi connectivity index (χ3v) is 3.36. The fourth-order valence-electron chi connectivity index (χ4n) is 2.40. The maximum atomic E-state index is 12.9. The second-order valence-corrected chi connectivity index (χ2v) is 4.69. The van der Waals surface area contributed by atoms with Gasteiger partial charge in [0.2, 0.25) is 0 Å². The SMILES string of the molecule is CCOC1CC(Nc2ccc(F)cc2)(C(=O)OC)C1. The van der Waals surface area contributed by atoms with Crippen molar-refractivity contribution in [2.24, 2.45) is 0 Å². The molecule has 2 rings (SSSR count). The van der Waals surface area contributed by atoms with Crippen LogP contribution in [0.5, 0.6) is 0 Å². The van der Waals surface area contributed by atoms with Crippen molar-refractivity contribution in [1.82, 2.24) is 0 Å². The van der Waals surface area contributed by atoms with Crippen LogP contribution in [0.1, 0.15) is 19.8 Å². The lowest BCUT2D eigenvalue weighted by Gasteiger charge is -2.45. The van der Waals surface area contributed by atoms with Gasteiger partial charge in [0.25, 0.3) is 0 Å². The van der Waals surface area contributed by atoms with E-state index in [1.54, 1.807) is 12.1 Å². The van der Waals surface area contributed by atoms with Gasteiger partial charge in [-0.2, -0.15) is 0 Å². The predicted molar refractivity (Wildman–Crippen MR) is 69.4 cm³/mol. The van der Waals surface area contributed by atoms with Crippen LogP contribution in [0.4, 0.5) is 10.1 Å². The molecule has 1 aliphatic rings. The largest absolute Gasteiger partial charge is 0.467 e. The zero-order valence-corrected chi connectivity index (χ0v) is 11.1. The Balaban J connectivity index is 2.08. The van der Waals surface area contributed by atoms with Crippen LogP contribution in [0.2, 0.25) is 0 Å². The van der Waals surface area contributed by atoms with Crippen molar-refractivity contribution in [3.8, 4) is 0 Å². The van der Waals surface area contributed by atoms with Gasteiger partial charge in [0.15, 0.2) is 0 Å². The highest BCUT2D eigenvalue weighted by atomic mass is 19.1. The molecule has 19 heavy (non-hydrogen) atoms. The number of hydrogen-bond acceptors (Lipinski definition) is 4. The minimum atomic E-state index is -0.758. The first kappa shape index (κ1) is 13.8. The number of benzene rings is 1. The normalized spacial score (nSPS) is 25.5. The van der Waals surface area contributed by atoms with Gasteiger partial charge in [0.05, 0.1) is 13.2 Å². The highest BCUT2D eigenvalue weighted by molar-refractivity contribution is 5.86. The first-order valence-electron chi connectivity index (χ1n) is 6.33. The average Bonchev–Trinajstić information content (AvgIpc) is 2.37. The van der Waals surface area contributed by atoms with E-state index in [4.69, 9.17) is 9.47 Å². The van der Waals surface area contributed by atoms with Gasteiger partial charge >= 0.3 is 5.97 Å². The highest BCUT2D eigenvalue weighted by Gasteiger charge is 2.52. The Morgan fingerprint density at radius 2 is 2.05 bits per heavy atom. The zero-order chi connectivity index (χ0) is 13.9. The van der Waals surface area contributed by atoms with E-state index in [1.165, 1.54) is 19.2 Å². The third kappa shape index (κ3) is 2.87. The van der Waals surface area contributed by atoms with E-state index in [0.717, 1.165) is 0 Å². The first-order chi connectivity index (χ1) is 9.09. The summed E-state index contributed by atoms with van der Waals surface area (Å²) in [6.45, 7) is 2.55. The molecule has 0 bridgehead atoms. The number of halogens is 1. The lowest BCUT2D eigenvalue weighted by atomic mass is 9.74. The van der Waals surface area contributed by atoms with Gasteiger partial charge in [-0.25, -0.2) is 9.18 Å². The number of esters is 1. The van der Waals surface area contributed by atoms with Crippen molar-refractivity contribution in [3.63, 3.8) is 0 Å². The average molecular weight is 267 g/mol. The van der Waals surface area contributed by atoms with E-state index in [9.17, 15) is 9.18 Å². The van der Waals surface area contributed by atoms with E-state index in [-0.39, 0.29) is 17.9 Å². The maximum absolute atomic E-state index is 12.9. The van der Waals surface area contributed by atoms with Crippen molar-refractivity contribution in [2.75, 3.05) is 19.0 Å². The molecule has 0 radical (unpaired) electrons. The molecule has 1 aliphatic carbocycles. The Kier molecular flexibility index (Phi) is 4.04. The summed E-state index contributed by atoms with van der Waals surface area (Å²) in [5.41, 5.74) is -0.0615. The molecule has 0 amide bonds. The van der Waals surface area contributed by atoms with Crippen molar-refractivity contribution in [1.29, 1.82) is 0 Å². The van der Waals surface area contributed by atoms with Gasteiger partial charge in [0, 0.05) is 25.1 Å². The third-order valence-electron chi connectivity index (χ3n) is 3.36. The van der Waals surface area contributed by atoms with Crippen LogP contribution in [0, 0.1) is 5.82 Å². The molecule has 1 N–H and O–H groups in total.